The number of nitrogens with one attached hydrogen (secondary N) is 1. The zero-order valence-corrected chi connectivity index (χ0v) is 11.8. The fourth-order valence-corrected chi connectivity index (χ4v) is 4.03. The van der Waals surface area contributed by atoms with Crippen LogP contribution in [0.25, 0.3) is 0 Å². The molecule has 2 heteroatoms. The first-order valence-electron chi connectivity index (χ1n) is 7.21. The van der Waals surface area contributed by atoms with Crippen molar-refractivity contribution in [1.29, 1.82) is 0 Å². The van der Waals surface area contributed by atoms with Crippen molar-refractivity contribution in [3.63, 3.8) is 0 Å². The fraction of sp³-hybridized carbons (Fsp3) is 0.933. The maximum absolute atomic E-state index is 11.9. The van der Waals surface area contributed by atoms with Gasteiger partial charge in [-0.25, -0.2) is 0 Å². The summed E-state index contributed by atoms with van der Waals surface area (Å²) >= 11 is 0. The van der Waals surface area contributed by atoms with Gasteiger partial charge in [0.1, 0.15) is 0 Å². The average Bonchev–Trinajstić information content (AvgIpc) is 2.59. The number of carbonyl (C=O) groups excluding carboxylic acids is 1. The lowest BCUT2D eigenvalue weighted by Crippen LogP contribution is -2.46. The van der Waals surface area contributed by atoms with Gasteiger partial charge in [-0.05, 0) is 42.4 Å². The molecule has 0 aromatic heterocycles. The standard InChI is InChI=1S/C15H27NO/c1-5-6-7-13(17)16-12-10-11-8-9-15(12,4)14(11,2)3/h11-12H,5-10H2,1-4H3,(H,16,17)/t11-,12-,15+/m1/s1. The number of hydrogen-bond acceptors (Lipinski definition) is 1. The molecule has 1 amide bonds. The highest BCUT2D eigenvalue weighted by Gasteiger charge is 2.61. The molecule has 0 aliphatic heterocycles. The van der Waals surface area contributed by atoms with Crippen molar-refractivity contribution >= 4 is 5.91 Å². The van der Waals surface area contributed by atoms with Crippen molar-refractivity contribution in [2.45, 2.75) is 72.3 Å². The minimum Gasteiger partial charge on any atom is -0.353 e. The summed E-state index contributed by atoms with van der Waals surface area (Å²) in [4.78, 5) is 11.9. The van der Waals surface area contributed by atoms with Crippen LogP contribution in [0.5, 0.6) is 0 Å². The van der Waals surface area contributed by atoms with E-state index >= 15 is 0 Å². The van der Waals surface area contributed by atoms with Gasteiger partial charge in [-0.2, -0.15) is 0 Å². The maximum atomic E-state index is 11.9. The molecule has 98 valence electrons. The third-order valence-electron chi connectivity index (χ3n) is 5.89. The number of rotatable bonds is 4. The van der Waals surface area contributed by atoms with Crippen LogP contribution in [0, 0.1) is 16.7 Å². The van der Waals surface area contributed by atoms with E-state index in [1.165, 1.54) is 19.3 Å². The molecule has 1 N–H and O–H groups in total. The van der Waals surface area contributed by atoms with Crippen LogP contribution in [0.2, 0.25) is 0 Å². The Kier molecular flexibility index (Phi) is 3.26. The van der Waals surface area contributed by atoms with E-state index in [0.29, 0.717) is 23.3 Å². The number of hydrogen-bond donors (Lipinski definition) is 1. The topological polar surface area (TPSA) is 29.1 Å². The lowest BCUT2D eigenvalue weighted by Gasteiger charge is -2.39. The third-order valence-corrected chi connectivity index (χ3v) is 5.89. The van der Waals surface area contributed by atoms with Crippen molar-refractivity contribution in [2.24, 2.45) is 16.7 Å². The molecule has 17 heavy (non-hydrogen) atoms. The fourth-order valence-electron chi connectivity index (χ4n) is 4.03. The van der Waals surface area contributed by atoms with Crippen LogP contribution >= 0.6 is 0 Å². The summed E-state index contributed by atoms with van der Waals surface area (Å²) in [5.74, 6) is 1.07. The Morgan fingerprint density at radius 2 is 2.06 bits per heavy atom. The highest BCUT2D eigenvalue weighted by Crippen LogP contribution is 2.65. The molecule has 0 saturated heterocycles. The Morgan fingerprint density at radius 3 is 2.53 bits per heavy atom. The Balaban J connectivity index is 1.98. The van der Waals surface area contributed by atoms with Gasteiger partial charge in [-0.15, -0.1) is 0 Å². The highest BCUT2D eigenvalue weighted by molar-refractivity contribution is 5.76. The second-order valence-electron chi connectivity index (χ2n) is 6.83. The number of unbranched alkanes of at least 4 members (excludes halogenated alkanes) is 1. The van der Waals surface area contributed by atoms with Crippen LogP contribution in [0.15, 0.2) is 0 Å². The van der Waals surface area contributed by atoms with Gasteiger partial charge < -0.3 is 5.32 Å². The molecular formula is C15H27NO. The first-order chi connectivity index (χ1) is 7.91. The minimum absolute atomic E-state index is 0.265. The normalized spacial score (nSPS) is 38.4. The molecule has 2 fully saturated rings. The van der Waals surface area contributed by atoms with E-state index in [2.05, 4.69) is 33.0 Å². The molecule has 2 aliphatic carbocycles. The number of carbonyl (C=O) groups is 1. The quantitative estimate of drug-likeness (QED) is 0.796. The molecule has 0 unspecified atom stereocenters. The largest absolute Gasteiger partial charge is 0.353 e. The predicted molar refractivity (Wildman–Crippen MR) is 70.7 cm³/mol. The number of amides is 1. The second-order valence-corrected chi connectivity index (χ2v) is 6.83. The van der Waals surface area contributed by atoms with Crippen molar-refractivity contribution in [2.75, 3.05) is 0 Å². The van der Waals surface area contributed by atoms with Crippen LogP contribution < -0.4 is 5.32 Å². The van der Waals surface area contributed by atoms with Gasteiger partial charge in [0.15, 0.2) is 0 Å². The molecule has 2 aliphatic rings. The van der Waals surface area contributed by atoms with Crippen LogP contribution in [-0.4, -0.2) is 11.9 Å². The smallest absolute Gasteiger partial charge is 0.220 e. The Bertz CT molecular complexity index is 310. The van der Waals surface area contributed by atoms with Gasteiger partial charge in [-0.3, -0.25) is 4.79 Å². The van der Waals surface area contributed by atoms with Crippen LogP contribution in [0.3, 0.4) is 0 Å². The van der Waals surface area contributed by atoms with E-state index in [-0.39, 0.29) is 5.91 Å². The van der Waals surface area contributed by atoms with E-state index in [0.717, 1.165) is 18.8 Å². The van der Waals surface area contributed by atoms with Gasteiger partial charge >= 0.3 is 0 Å². The molecule has 0 heterocycles. The summed E-state index contributed by atoms with van der Waals surface area (Å²) in [5, 5.41) is 3.30. The summed E-state index contributed by atoms with van der Waals surface area (Å²) in [6.07, 6.45) is 6.65. The summed E-state index contributed by atoms with van der Waals surface area (Å²) in [5.41, 5.74) is 0.718. The zero-order chi connectivity index (χ0) is 12.7. The van der Waals surface area contributed by atoms with Crippen molar-refractivity contribution in [3.8, 4) is 0 Å². The Morgan fingerprint density at radius 1 is 1.35 bits per heavy atom. The first kappa shape index (κ1) is 12.9. The molecule has 2 saturated carbocycles. The summed E-state index contributed by atoms with van der Waals surface area (Å²) in [6, 6.07) is 0.417. The van der Waals surface area contributed by atoms with Crippen molar-refractivity contribution < 1.29 is 4.79 Å². The number of fused-ring (bicyclic) bond motifs is 2. The van der Waals surface area contributed by atoms with Crippen LogP contribution in [-0.2, 0) is 4.79 Å². The second kappa shape index (κ2) is 4.29. The molecule has 2 bridgehead atoms. The molecule has 0 aromatic rings. The highest BCUT2D eigenvalue weighted by atomic mass is 16.1. The Hall–Kier alpha value is -0.530. The van der Waals surface area contributed by atoms with E-state index in [9.17, 15) is 4.79 Å². The Labute approximate surface area is 106 Å². The average molecular weight is 237 g/mol. The lowest BCUT2D eigenvalue weighted by atomic mass is 9.69. The third kappa shape index (κ3) is 1.90. The first-order valence-corrected chi connectivity index (χ1v) is 7.21. The van der Waals surface area contributed by atoms with E-state index in [1.54, 1.807) is 0 Å². The minimum atomic E-state index is 0.265. The molecule has 2 rings (SSSR count). The SMILES string of the molecule is CCCCC(=O)N[C@@H]1C[C@H]2CC[C@]1(C)C2(C)C. The van der Waals surface area contributed by atoms with Gasteiger partial charge in [0.05, 0.1) is 0 Å². The maximum Gasteiger partial charge on any atom is 0.220 e. The van der Waals surface area contributed by atoms with Crippen LogP contribution in [0.1, 0.15) is 66.2 Å². The molecule has 2 nitrogen and oxygen atoms in total. The molecular weight excluding hydrogens is 210 g/mol. The summed E-state index contributed by atoms with van der Waals surface area (Å²) in [6.45, 7) is 9.30. The molecule has 0 spiro atoms. The molecule has 0 aromatic carbocycles. The van der Waals surface area contributed by atoms with E-state index in [1.807, 2.05) is 0 Å². The van der Waals surface area contributed by atoms with Crippen LogP contribution in [0.4, 0.5) is 0 Å². The molecule has 3 atom stereocenters. The van der Waals surface area contributed by atoms with E-state index < -0.39 is 0 Å². The van der Waals surface area contributed by atoms with E-state index in [4.69, 9.17) is 0 Å². The molecule has 0 radical (unpaired) electrons. The monoisotopic (exact) mass is 237 g/mol. The van der Waals surface area contributed by atoms with Gasteiger partial charge in [0.25, 0.3) is 0 Å². The van der Waals surface area contributed by atoms with Crippen molar-refractivity contribution in [3.05, 3.63) is 0 Å². The van der Waals surface area contributed by atoms with Crippen molar-refractivity contribution in [1.82, 2.24) is 5.32 Å². The summed E-state index contributed by atoms with van der Waals surface area (Å²) in [7, 11) is 0. The summed E-state index contributed by atoms with van der Waals surface area (Å²) < 4.78 is 0. The van der Waals surface area contributed by atoms with Gasteiger partial charge in [0.2, 0.25) is 5.91 Å². The lowest BCUT2D eigenvalue weighted by molar-refractivity contribution is -0.123. The predicted octanol–water partition coefficient (Wildman–Crippen LogP) is 3.51. The van der Waals surface area contributed by atoms with Gasteiger partial charge in [0, 0.05) is 12.5 Å². The zero-order valence-electron chi connectivity index (χ0n) is 11.8. The van der Waals surface area contributed by atoms with Gasteiger partial charge in [-0.1, -0.05) is 34.1 Å².